The average Bonchev–Trinajstić information content (AvgIpc) is 3.21. The zero-order valence-corrected chi connectivity index (χ0v) is 16.0. The van der Waals surface area contributed by atoms with E-state index in [9.17, 15) is 19.7 Å². The van der Waals surface area contributed by atoms with Crippen molar-refractivity contribution in [2.75, 3.05) is 6.61 Å². The first-order valence-electron chi connectivity index (χ1n) is 9.20. The van der Waals surface area contributed by atoms with Crippen LogP contribution in [0.1, 0.15) is 12.5 Å². The minimum Gasteiger partial charge on any atom is -0.492 e. The van der Waals surface area contributed by atoms with Gasteiger partial charge in [0.2, 0.25) is 0 Å². The van der Waals surface area contributed by atoms with Crippen LogP contribution < -0.4 is 10.1 Å². The van der Waals surface area contributed by atoms with Crippen LogP contribution in [0.15, 0.2) is 48.7 Å². The second-order valence-corrected chi connectivity index (χ2v) is 7.14. The van der Waals surface area contributed by atoms with Gasteiger partial charge in [-0.15, -0.1) is 0 Å². The van der Waals surface area contributed by atoms with E-state index in [1.807, 2.05) is 0 Å². The number of nitro groups is 1. The summed E-state index contributed by atoms with van der Waals surface area (Å²) >= 11 is 0. The molecule has 10 heteroatoms. The molecule has 1 aliphatic rings. The lowest BCUT2D eigenvalue weighted by molar-refractivity contribution is -0.384. The highest BCUT2D eigenvalue weighted by molar-refractivity contribution is 6.02. The molecule has 2 aromatic carbocycles. The van der Waals surface area contributed by atoms with Crippen LogP contribution >= 0.6 is 0 Å². The summed E-state index contributed by atoms with van der Waals surface area (Å²) in [6.07, 6.45) is 1.27. The first-order valence-corrected chi connectivity index (χ1v) is 9.20. The van der Waals surface area contributed by atoms with Gasteiger partial charge in [-0.1, -0.05) is 12.1 Å². The first kappa shape index (κ1) is 19.4. The van der Waals surface area contributed by atoms with E-state index in [4.69, 9.17) is 9.47 Å². The number of nitrogens with zero attached hydrogens (tertiary/aromatic N) is 3. The summed E-state index contributed by atoms with van der Waals surface area (Å²) in [7, 11) is 0. The maximum absolute atomic E-state index is 11.8. The number of cyclic esters (lactones) is 1. The Bertz CT molecular complexity index is 1140. The lowest BCUT2D eigenvalue weighted by atomic mass is 9.96. The van der Waals surface area contributed by atoms with Gasteiger partial charge in [0, 0.05) is 30.1 Å². The first-order chi connectivity index (χ1) is 14.3. The Kier molecular flexibility index (Phi) is 4.82. The van der Waals surface area contributed by atoms with Gasteiger partial charge in [-0.2, -0.15) is 5.10 Å². The van der Waals surface area contributed by atoms with Gasteiger partial charge in [-0.05, 0) is 30.7 Å². The third-order valence-electron chi connectivity index (χ3n) is 4.81. The number of benzene rings is 2. The van der Waals surface area contributed by atoms with E-state index in [1.165, 1.54) is 12.1 Å². The van der Waals surface area contributed by atoms with E-state index in [1.54, 1.807) is 48.1 Å². The molecule has 4 rings (SSSR count). The number of amides is 2. The van der Waals surface area contributed by atoms with Gasteiger partial charge in [-0.3, -0.25) is 24.9 Å². The number of aromatic nitrogens is 2. The van der Waals surface area contributed by atoms with Crippen LogP contribution in [-0.4, -0.2) is 38.9 Å². The molecule has 0 bridgehead atoms. The van der Waals surface area contributed by atoms with Gasteiger partial charge in [0.15, 0.2) is 5.60 Å². The van der Waals surface area contributed by atoms with Crippen LogP contribution in [-0.2, 0) is 22.5 Å². The maximum atomic E-state index is 11.8. The largest absolute Gasteiger partial charge is 0.492 e. The predicted molar refractivity (Wildman–Crippen MR) is 105 cm³/mol. The monoisotopic (exact) mass is 410 g/mol. The van der Waals surface area contributed by atoms with Crippen LogP contribution in [0.2, 0.25) is 0 Å². The number of ether oxygens (including phenoxy) is 2. The number of imide groups is 1. The number of nitro benzene ring substituents is 1. The summed E-state index contributed by atoms with van der Waals surface area (Å²) in [5, 5.41) is 18.1. The highest BCUT2D eigenvalue weighted by atomic mass is 16.6. The fourth-order valence-electron chi connectivity index (χ4n) is 3.26. The highest BCUT2D eigenvalue weighted by Gasteiger charge is 2.44. The molecule has 2 amide bonds. The summed E-state index contributed by atoms with van der Waals surface area (Å²) in [6.45, 7) is 2.39. The zero-order chi connectivity index (χ0) is 21.3. The third-order valence-corrected chi connectivity index (χ3v) is 4.81. The smallest absolute Gasteiger partial charge is 0.415 e. The Labute approximate surface area is 170 Å². The van der Waals surface area contributed by atoms with Crippen molar-refractivity contribution < 1.29 is 24.0 Å². The van der Waals surface area contributed by atoms with Gasteiger partial charge in [0.1, 0.15) is 12.4 Å². The lowest BCUT2D eigenvalue weighted by Gasteiger charge is -2.19. The van der Waals surface area contributed by atoms with Crippen molar-refractivity contribution in [3.05, 3.63) is 64.3 Å². The Morgan fingerprint density at radius 3 is 2.67 bits per heavy atom. The Morgan fingerprint density at radius 1 is 1.23 bits per heavy atom. The number of fused-ring (bicyclic) bond motifs is 1. The minimum absolute atomic E-state index is 0.0251. The van der Waals surface area contributed by atoms with Gasteiger partial charge >= 0.3 is 6.09 Å². The fourth-order valence-corrected chi connectivity index (χ4v) is 3.26. The second-order valence-electron chi connectivity index (χ2n) is 7.14. The van der Waals surface area contributed by atoms with Gasteiger partial charge < -0.3 is 9.47 Å². The highest BCUT2D eigenvalue weighted by Crippen LogP contribution is 2.24. The molecule has 2 heterocycles. The van der Waals surface area contributed by atoms with Crippen LogP contribution in [0.3, 0.4) is 0 Å². The van der Waals surface area contributed by atoms with Crippen molar-refractivity contribution in [3.8, 4) is 5.75 Å². The molecule has 0 saturated carbocycles. The number of carbonyl (C=O) groups excluding carboxylic acids is 2. The number of rotatable bonds is 7. The number of non-ortho nitro benzene ring substituents is 1. The number of hydrogen-bond acceptors (Lipinski definition) is 7. The minimum atomic E-state index is -1.21. The normalized spacial score (nSPS) is 18.3. The van der Waals surface area contributed by atoms with Crippen LogP contribution in [0.25, 0.3) is 10.9 Å². The second kappa shape index (κ2) is 7.47. The summed E-state index contributed by atoms with van der Waals surface area (Å²) in [5.74, 6) is 0.189. The average molecular weight is 410 g/mol. The van der Waals surface area contributed by atoms with Crippen molar-refractivity contribution >= 4 is 28.6 Å². The number of alkyl carbamates (subject to hydrolysis) is 1. The molecule has 30 heavy (non-hydrogen) atoms. The third kappa shape index (κ3) is 3.93. The van der Waals surface area contributed by atoms with Gasteiger partial charge in [0.05, 0.1) is 17.0 Å². The summed E-state index contributed by atoms with van der Waals surface area (Å²) in [5.41, 5.74) is 0.318. The molecule has 1 N–H and O–H groups in total. The molecule has 154 valence electrons. The van der Waals surface area contributed by atoms with Crippen molar-refractivity contribution in [1.82, 2.24) is 15.1 Å². The van der Waals surface area contributed by atoms with Crippen molar-refractivity contribution in [1.29, 1.82) is 0 Å². The Balaban J connectivity index is 1.33. The molecule has 1 aliphatic heterocycles. The van der Waals surface area contributed by atoms with E-state index in [2.05, 4.69) is 10.4 Å². The fraction of sp³-hybridized carbons (Fsp3) is 0.250. The van der Waals surface area contributed by atoms with E-state index >= 15 is 0 Å². The molecule has 1 atom stereocenters. The summed E-state index contributed by atoms with van der Waals surface area (Å²) in [6, 6.07) is 11.7. The van der Waals surface area contributed by atoms with Crippen LogP contribution in [0.4, 0.5) is 10.5 Å². The number of carbonyl (C=O) groups is 2. The molecule has 10 nitrogen and oxygen atoms in total. The lowest BCUT2D eigenvalue weighted by Crippen LogP contribution is -2.38. The van der Waals surface area contributed by atoms with E-state index in [-0.39, 0.29) is 12.1 Å². The molecule has 1 aromatic heterocycles. The van der Waals surface area contributed by atoms with E-state index in [0.29, 0.717) is 29.8 Å². The molecule has 0 aliphatic carbocycles. The van der Waals surface area contributed by atoms with Gasteiger partial charge in [0.25, 0.3) is 11.6 Å². The molecule has 0 radical (unpaired) electrons. The van der Waals surface area contributed by atoms with E-state index in [0.717, 1.165) is 5.56 Å². The molecule has 3 aromatic rings. The molecule has 1 saturated heterocycles. The van der Waals surface area contributed by atoms with Crippen molar-refractivity contribution in [2.24, 2.45) is 0 Å². The van der Waals surface area contributed by atoms with E-state index < -0.39 is 22.5 Å². The summed E-state index contributed by atoms with van der Waals surface area (Å²) in [4.78, 5) is 33.5. The Morgan fingerprint density at radius 2 is 2.00 bits per heavy atom. The zero-order valence-electron chi connectivity index (χ0n) is 16.0. The van der Waals surface area contributed by atoms with Crippen molar-refractivity contribution in [3.63, 3.8) is 0 Å². The standard InChI is InChI=1S/C20H18N4O6/c1-20(18(25)21-19(26)30-20)11-13-2-5-16(6-3-13)29-9-8-23-12-14-10-15(24(27)28)4-7-17(14)22-23/h2-7,10,12H,8-9,11H2,1H3,(H,21,25,26). The van der Waals surface area contributed by atoms with Crippen LogP contribution in [0, 0.1) is 10.1 Å². The molecular formula is C20H18N4O6. The predicted octanol–water partition coefficient (Wildman–Crippen LogP) is 2.59. The quantitative estimate of drug-likeness (QED) is 0.469. The number of nitrogens with one attached hydrogen (secondary N) is 1. The Hall–Kier alpha value is -3.95. The molecule has 1 fully saturated rings. The molecule has 0 spiro atoms. The van der Waals surface area contributed by atoms with Gasteiger partial charge in [-0.25, -0.2) is 4.79 Å². The molecular weight excluding hydrogens is 392 g/mol. The SMILES string of the molecule is CC1(Cc2ccc(OCCn3cc4cc([N+](=O)[O-])ccc4n3)cc2)OC(=O)NC1=O. The molecule has 1 unspecified atom stereocenters. The maximum Gasteiger partial charge on any atom is 0.415 e. The summed E-state index contributed by atoms with van der Waals surface area (Å²) < 4.78 is 12.5. The topological polar surface area (TPSA) is 126 Å². The van der Waals surface area contributed by atoms with Crippen LogP contribution in [0.5, 0.6) is 5.75 Å². The number of hydrogen-bond donors (Lipinski definition) is 1. The van der Waals surface area contributed by atoms with Crippen molar-refractivity contribution in [2.45, 2.75) is 25.5 Å².